The second-order valence-electron chi connectivity index (χ2n) is 4.43. The van der Waals surface area contributed by atoms with Gasteiger partial charge in [-0.2, -0.15) is 0 Å². The number of carboxylic acids is 1. The molecule has 1 aromatic rings. The molecule has 2 N–H and O–H groups in total. The Kier molecular flexibility index (Phi) is 4.42. The van der Waals surface area contributed by atoms with Crippen LogP contribution in [0.1, 0.15) is 30.1 Å². The standard InChI is InChI=1S/C12H16ClNO2S/c13-11-2-1-10(17-11)9(7-12(15)16)8-3-5-14-6-4-8/h1-2,8-9,14H,3-7H2,(H,15,16). The minimum atomic E-state index is -0.724. The van der Waals surface area contributed by atoms with Gasteiger partial charge in [-0.3, -0.25) is 4.79 Å². The lowest BCUT2D eigenvalue weighted by Crippen LogP contribution is -2.31. The highest BCUT2D eigenvalue weighted by molar-refractivity contribution is 7.16. The minimum Gasteiger partial charge on any atom is -0.481 e. The number of piperidine rings is 1. The lowest BCUT2D eigenvalue weighted by Gasteiger charge is -2.29. The molecule has 1 unspecified atom stereocenters. The topological polar surface area (TPSA) is 49.3 Å². The molecule has 17 heavy (non-hydrogen) atoms. The number of hydrogen-bond acceptors (Lipinski definition) is 3. The summed E-state index contributed by atoms with van der Waals surface area (Å²) in [6.07, 6.45) is 2.31. The van der Waals surface area contributed by atoms with Gasteiger partial charge in [-0.15, -0.1) is 11.3 Å². The zero-order chi connectivity index (χ0) is 12.3. The molecule has 1 atom stereocenters. The highest BCUT2D eigenvalue weighted by atomic mass is 35.5. The average Bonchev–Trinajstić information content (AvgIpc) is 2.73. The summed E-state index contributed by atoms with van der Waals surface area (Å²) in [6.45, 7) is 1.97. The molecule has 2 heterocycles. The Hall–Kier alpha value is -0.580. The Balaban J connectivity index is 2.14. The lowest BCUT2D eigenvalue weighted by atomic mass is 9.82. The largest absolute Gasteiger partial charge is 0.481 e. The maximum Gasteiger partial charge on any atom is 0.304 e. The summed E-state index contributed by atoms with van der Waals surface area (Å²) in [5.74, 6) is -0.146. The maximum atomic E-state index is 11.0. The molecule has 0 bridgehead atoms. The summed E-state index contributed by atoms with van der Waals surface area (Å²) in [4.78, 5) is 12.1. The zero-order valence-corrected chi connectivity index (χ0v) is 11.1. The predicted molar refractivity (Wildman–Crippen MR) is 69.9 cm³/mol. The van der Waals surface area contributed by atoms with Crippen molar-refractivity contribution in [3.63, 3.8) is 0 Å². The van der Waals surface area contributed by atoms with E-state index in [2.05, 4.69) is 5.32 Å². The first-order chi connectivity index (χ1) is 8.16. The van der Waals surface area contributed by atoms with Crippen LogP contribution in [0.4, 0.5) is 0 Å². The van der Waals surface area contributed by atoms with Crippen molar-refractivity contribution in [1.82, 2.24) is 5.32 Å². The van der Waals surface area contributed by atoms with E-state index >= 15 is 0 Å². The molecule has 1 saturated heterocycles. The number of rotatable bonds is 4. The van der Waals surface area contributed by atoms with Gasteiger partial charge in [0, 0.05) is 10.8 Å². The van der Waals surface area contributed by atoms with Crippen LogP contribution in [0.25, 0.3) is 0 Å². The number of nitrogens with one attached hydrogen (secondary N) is 1. The first-order valence-corrected chi connectivity index (χ1v) is 7.04. The van der Waals surface area contributed by atoms with Crippen LogP contribution in [-0.4, -0.2) is 24.2 Å². The summed E-state index contributed by atoms with van der Waals surface area (Å²) in [5.41, 5.74) is 0. The second kappa shape index (κ2) is 5.85. The van der Waals surface area contributed by atoms with Gasteiger partial charge in [0.25, 0.3) is 0 Å². The molecular formula is C12H16ClNO2S. The van der Waals surface area contributed by atoms with Crippen LogP contribution < -0.4 is 5.32 Å². The molecule has 5 heteroatoms. The van der Waals surface area contributed by atoms with Crippen molar-refractivity contribution < 1.29 is 9.90 Å². The zero-order valence-electron chi connectivity index (χ0n) is 9.49. The van der Waals surface area contributed by atoms with Crippen LogP contribution in [0.15, 0.2) is 12.1 Å². The van der Waals surface area contributed by atoms with Gasteiger partial charge in [0.2, 0.25) is 0 Å². The van der Waals surface area contributed by atoms with E-state index in [0.717, 1.165) is 35.1 Å². The fraction of sp³-hybridized carbons (Fsp3) is 0.583. The molecule has 94 valence electrons. The quantitative estimate of drug-likeness (QED) is 0.887. The van der Waals surface area contributed by atoms with E-state index in [4.69, 9.17) is 16.7 Å². The number of hydrogen-bond donors (Lipinski definition) is 2. The molecule has 1 aromatic heterocycles. The summed E-state index contributed by atoms with van der Waals surface area (Å²) in [5, 5.41) is 12.3. The fourth-order valence-corrected chi connectivity index (χ4v) is 3.72. The van der Waals surface area contributed by atoms with Gasteiger partial charge >= 0.3 is 5.97 Å². The Morgan fingerprint density at radius 3 is 2.76 bits per heavy atom. The van der Waals surface area contributed by atoms with Gasteiger partial charge in [-0.25, -0.2) is 0 Å². The van der Waals surface area contributed by atoms with Crippen LogP contribution in [0.5, 0.6) is 0 Å². The van der Waals surface area contributed by atoms with Crippen LogP contribution in [0, 0.1) is 5.92 Å². The summed E-state index contributed by atoms with van der Waals surface area (Å²) in [7, 11) is 0. The molecule has 3 nitrogen and oxygen atoms in total. The third-order valence-electron chi connectivity index (χ3n) is 3.31. The average molecular weight is 274 g/mol. The molecule has 0 radical (unpaired) electrons. The van der Waals surface area contributed by atoms with E-state index in [1.54, 1.807) is 0 Å². The van der Waals surface area contributed by atoms with Crippen molar-refractivity contribution in [2.24, 2.45) is 5.92 Å². The Labute approximate surface area is 110 Å². The van der Waals surface area contributed by atoms with Gasteiger partial charge in [0.1, 0.15) is 0 Å². The van der Waals surface area contributed by atoms with Gasteiger partial charge in [-0.1, -0.05) is 11.6 Å². The molecule has 2 rings (SSSR count). The first-order valence-electron chi connectivity index (χ1n) is 5.84. The van der Waals surface area contributed by atoms with Crippen molar-refractivity contribution in [2.75, 3.05) is 13.1 Å². The van der Waals surface area contributed by atoms with E-state index < -0.39 is 5.97 Å². The summed E-state index contributed by atoms with van der Waals surface area (Å²) in [6, 6.07) is 3.83. The smallest absolute Gasteiger partial charge is 0.304 e. The fourth-order valence-electron chi connectivity index (χ4n) is 2.46. The van der Waals surface area contributed by atoms with E-state index in [0.29, 0.717) is 5.92 Å². The van der Waals surface area contributed by atoms with E-state index in [1.807, 2.05) is 12.1 Å². The molecule has 0 spiro atoms. The van der Waals surface area contributed by atoms with Crippen molar-refractivity contribution in [1.29, 1.82) is 0 Å². The Morgan fingerprint density at radius 1 is 1.53 bits per heavy atom. The van der Waals surface area contributed by atoms with Crippen LogP contribution >= 0.6 is 22.9 Å². The normalized spacial score (nSPS) is 19.1. The molecule has 0 amide bonds. The molecule has 1 fully saturated rings. The summed E-state index contributed by atoms with van der Waals surface area (Å²) >= 11 is 7.45. The summed E-state index contributed by atoms with van der Waals surface area (Å²) < 4.78 is 0.740. The van der Waals surface area contributed by atoms with Crippen LogP contribution in [0.3, 0.4) is 0 Å². The van der Waals surface area contributed by atoms with Gasteiger partial charge in [-0.05, 0) is 44.0 Å². The Morgan fingerprint density at radius 2 is 2.24 bits per heavy atom. The maximum absolute atomic E-state index is 11.0. The molecular weight excluding hydrogens is 258 g/mol. The monoisotopic (exact) mass is 273 g/mol. The lowest BCUT2D eigenvalue weighted by molar-refractivity contribution is -0.137. The third kappa shape index (κ3) is 3.44. The van der Waals surface area contributed by atoms with Crippen molar-refractivity contribution in [3.05, 3.63) is 21.3 Å². The number of aliphatic carboxylic acids is 1. The minimum absolute atomic E-state index is 0.118. The SMILES string of the molecule is O=C(O)CC(c1ccc(Cl)s1)C1CCNCC1. The predicted octanol–water partition coefficient (Wildman–Crippen LogP) is 2.96. The second-order valence-corrected chi connectivity index (χ2v) is 6.18. The van der Waals surface area contributed by atoms with E-state index in [9.17, 15) is 4.79 Å². The van der Waals surface area contributed by atoms with Crippen molar-refractivity contribution in [2.45, 2.75) is 25.2 Å². The highest BCUT2D eigenvalue weighted by Crippen LogP contribution is 2.38. The Bertz CT molecular complexity index is 388. The van der Waals surface area contributed by atoms with E-state index in [1.165, 1.54) is 11.3 Å². The number of thiophene rings is 1. The molecule has 1 aliphatic rings. The van der Waals surface area contributed by atoms with Gasteiger partial charge in [0.05, 0.1) is 10.8 Å². The van der Waals surface area contributed by atoms with Crippen LogP contribution in [-0.2, 0) is 4.79 Å². The first kappa shape index (κ1) is 12.9. The molecule has 0 aromatic carbocycles. The highest BCUT2D eigenvalue weighted by Gasteiger charge is 2.28. The van der Waals surface area contributed by atoms with Crippen LogP contribution in [0.2, 0.25) is 4.34 Å². The molecule has 0 saturated carbocycles. The van der Waals surface area contributed by atoms with Gasteiger partial charge < -0.3 is 10.4 Å². The number of halogens is 1. The molecule has 0 aliphatic carbocycles. The molecule has 1 aliphatic heterocycles. The number of carbonyl (C=O) groups is 1. The third-order valence-corrected chi connectivity index (χ3v) is 4.67. The number of carboxylic acid groups (broad SMARTS) is 1. The van der Waals surface area contributed by atoms with Crippen molar-refractivity contribution >= 4 is 28.9 Å². The van der Waals surface area contributed by atoms with Gasteiger partial charge in [0.15, 0.2) is 0 Å². The van der Waals surface area contributed by atoms with Crippen molar-refractivity contribution in [3.8, 4) is 0 Å². The van der Waals surface area contributed by atoms with E-state index in [-0.39, 0.29) is 12.3 Å².